The third-order valence-electron chi connectivity index (χ3n) is 2.12. The molecule has 0 amide bonds. The molecule has 0 saturated carbocycles. The van der Waals surface area contributed by atoms with Crippen molar-refractivity contribution >= 4 is 0 Å². The number of hydrogen-bond acceptors (Lipinski definition) is 3. The van der Waals surface area contributed by atoms with Crippen molar-refractivity contribution in [3.05, 3.63) is 11.9 Å². The summed E-state index contributed by atoms with van der Waals surface area (Å²) in [6.45, 7) is 4.03. The maximum atomic E-state index is 9.54. The van der Waals surface area contributed by atoms with E-state index < -0.39 is 0 Å². The number of hydrogen-bond donors (Lipinski definition) is 1. The summed E-state index contributed by atoms with van der Waals surface area (Å²) in [6.07, 6.45) is 3.21. The van der Waals surface area contributed by atoms with Gasteiger partial charge in [0.1, 0.15) is 0 Å². The second-order valence-corrected chi connectivity index (χ2v) is 3.73. The van der Waals surface area contributed by atoms with Crippen LogP contribution in [0, 0.1) is 5.92 Å². The topological polar surface area (TPSA) is 50.9 Å². The molecule has 4 nitrogen and oxygen atoms in total. The van der Waals surface area contributed by atoms with Gasteiger partial charge in [0.25, 0.3) is 0 Å². The van der Waals surface area contributed by atoms with E-state index in [1.54, 1.807) is 4.68 Å². The van der Waals surface area contributed by atoms with Crippen LogP contribution in [0.3, 0.4) is 0 Å². The second kappa shape index (κ2) is 4.37. The van der Waals surface area contributed by atoms with Gasteiger partial charge in [-0.05, 0) is 18.8 Å². The summed E-state index contributed by atoms with van der Waals surface area (Å²) in [6, 6.07) is 0. The lowest BCUT2D eigenvalue weighted by atomic mass is 10.0. The zero-order valence-corrected chi connectivity index (χ0v) is 8.44. The standard InChI is InChI=1S/C9H17N3O/c1-7(2)9(13)5-4-8-6-12(3)11-10-8/h6-7,9,13H,4-5H2,1-3H3. The highest BCUT2D eigenvalue weighted by Gasteiger charge is 2.09. The average molecular weight is 183 g/mol. The summed E-state index contributed by atoms with van der Waals surface area (Å²) in [4.78, 5) is 0. The Morgan fingerprint density at radius 2 is 2.23 bits per heavy atom. The lowest BCUT2D eigenvalue weighted by Crippen LogP contribution is -2.15. The Morgan fingerprint density at radius 1 is 1.54 bits per heavy atom. The molecule has 1 rings (SSSR count). The van der Waals surface area contributed by atoms with Crippen molar-refractivity contribution in [1.82, 2.24) is 15.0 Å². The van der Waals surface area contributed by atoms with Crippen LogP contribution >= 0.6 is 0 Å². The van der Waals surface area contributed by atoms with Crippen molar-refractivity contribution in [1.29, 1.82) is 0 Å². The Morgan fingerprint density at radius 3 is 2.69 bits per heavy atom. The summed E-state index contributed by atoms with van der Waals surface area (Å²) in [5.41, 5.74) is 0.946. The van der Waals surface area contributed by atoms with Gasteiger partial charge in [0, 0.05) is 13.2 Å². The average Bonchev–Trinajstić information content (AvgIpc) is 2.47. The van der Waals surface area contributed by atoms with Crippen LogP contribution in [-0.4, -0.2) is 26.2 Å². The first-order chi connectivity index (χ1) is 6.09. The fraction of sp³-hybridized carbons (Fsp3) is 0.778. The van der Waals surface area contributed by atoms with Crippen LogP contribution in [0.4, 0.5) is 0 Å². The Labute approximate surface area is 78.6 Å². The van der Waals surface area contributed by atoms with Gasteiger partial charge in [0.2, 0.25) is 0 Å². The van der Waals surface area contributed by atoms with Crippen molar-refractivity contribution in [2.24, 2.45) is 13.0 Å². The van der Waals surface area contributed by atoms with Gasteiger partial charge in [-0.25, -0.2) is 0 Å². The predicted octanol–water partition coefficient (Wildman–Crippen LogP) is 0.765. The van der Waals surface area contributed by atoms with Crippen molar-refractivity contribution in [2.45, 2.75) is 32.8 Å². The molecule has 1 atom stereocenters. The maximum absolute atomic E-state index is 9.54. The summed E-state index contributed by atoms with van der Waals surface area (Å²) in [5, 5.41) is 17.3. The molecule has 0 aromatic carbocycles. The minimum absolute atomic E-state index is 0.234. The van der Waals surface area contributed by atoms with E-state index in [9.17, 15) is 5.11 Å². The first kappa shape index (κ1) is 10.2. The lowest BCUT2D eigenvalue weighted by Gasteiger charge is -2.12. The largest absolute Gasteiger partial charge is 0.393 e. The monoisotopic (exact) mass is 183 g/mol. The minimum Gasteiger partial charge on any atom is -0.393 e. The van der Waals surface area contributed by atoms with E-state index in [1.165, 1.54) is 0 Å². The molecule has 0 aliphatic carbocycles. The maximum Gasteiger partial charge on any atom is 0.0828 e. The quantitative estimate of drug-likeness (QED) is 0.750. The molecule has 0 saturated heterocycles. The van der Waals surface area contributed by atoms with Gasteiger partial charge in [-0.2, -0.15) is 0 Å². The molecule has 0 fully saturated rings. The molecule has 1 aromatic rings. The van der Waals surface area contributed by atoms with Crippen LogP contribution in [-0.2, 0) is 13.5 Å². The molecule has 1 N–H and O–H groups in total. The molecule has 0 radical (unpaired) electrons. The molecule has 1 unspecified atom stereocenters. The Balaban J connectivity index is 2.35. The molecule has 1 aromatic heterocycles. The van der Waals surface area contributed by atoms with Crippen LogP contribution in [0.5, 0.6) is 0 Å². The zero-order valence-electron chi connectivity index (χ0n) is 8.44. The smallest absolute Gasteiger partial charge is 0.0828 e. The third-order valence-corrected chi connectivity index (χ3v) is 2.12. The predicted molar refractivity (Wildman–Crippen MR) is 50.2 cm³/mol. The summed E-state index contributed by atoms with van der Waals surface area (Å²) < 4.78 is 1.68. The number of aryl methyl sites for hydroxylation is 2. The first-order valence-electron chi connectivity index (χ1n) is 4.63. The highest BCUT2D eigenvalue weighted by Crippen LogP contribution is 2.08. The summed E-state index contributed by atoms with van der Waals surface area (Å²) in [5.74, 6) is 0.316. The van der Waals surface area contributed by atoms with Gasteiger partial charge >= 0.3 is 0 Å². The fourth-order valence-corrected chi connectivity index (χ4v) is 1.14. The Bertz CT molecular complexity index is 257. The van der Waals surface area contributed by atoms with Gasteiger partial charge in [-0.15, -0.1) is 5.10 Å². The van der Waals surface area contributed by atoms with E-state index in [-0.39, 0.29) is 6.10 Å². The molecule has 74 valence electrons. The summed E-state index contributed by atoms with van der Waals surface area (Å²) >= 11 is 0. The van der Waals surface area contributed by atoms with Crippen molar-refractivity contribution in [3.63, 3.8) is 0 Å². The normalized spacial score (nSPS) is 13.6. The number of aromatic nitrogens is 3. The minimum atomic E-state index is -0.234. The molecule has 0 spiro atoms. The highest BCUT2D eigenvalue weighted by atomic mass is 16.3. The van der Waals surface area contributed by atoms with Gasteiger partial charge in [0.05, 0.1) is 11.8 Å². The molecule has 0 bridgehead atoms. The van der Waals surface area contributed by atoms with Crippen LogP contribution in [0.1, 0.15) is 26.0 Å². The van der Waals surface area contributed by atoms with Gasteiger partial charge in [-0.3, -0.25) is 4.68 Å². The van der Waals surface area contributed by atoms with Crippen LogP contribution < -0.4 is 0 Å². The lowest BCUT2D eigenvalue weighted by molar-refractivity contribution is 0.116. The molecule has 1 heterocycles. The zero-order chi connectivity index (χ0) is 9.84. The van der Waals surface area contributed by atoms with Gasteiger partial charge < -0.3 is 5.11 Å². The fourth-order valence-electron chi connectivity index (χ4n) is 1.14. The first-order valence-corrected chi connectivity index (χ1v) is 4.63. The van der Waals surface area contributed by atoms with Crippen molar-refractivity contribution in [2.75, 3.05) is 0 Å². The van der Waals surface area contributed by atoms with E-state index >= 15 is 0 Å². The molecular weight excluding hydrogens is 166 g/mol. The molecular formula is C9H17N3O. The number of rotatable bonds is 4. The van der Waals surface area contributed by atoms with E-state index in [4.69, 9.17) is 0 Å². The van der Waals surface area contributed by atoms with Gasteiger partial charge in [-0.1, -0.05) is 19.1 Å². The van der Waals surface area contributed by atoms with E-state index in [0.717, 1.165) is 18.5 Å². The highest BCUT2D eigenvalue weighted by molar-refractivity contribution is 4.92. The van der Waals surface area contributed by atoms with E-state index in [0.29, 0.717) is 5.92 Å². The van der Waals surface area contributed by atoms with E-state index in [1.807, 2.05) is 27.1 Å². The van der Waals surface area contributed by atoms with E-state index in [2.05, 4.69) is 10.3 Å². The Kier molecular flexibility index (Phi) is 3.42. The molecule has 0 aliphatic rings. The molecule has 4 heteroatoms. The molecule has 13 heavy (non-hydrogen) atoms. The third kappa shape index (κ3) is 3.14. The Hall–Kier alpha value is -0.900. The van der Waals surface area contributed by atoms with Crippen LogP contribution in [0.25, 0.3) is 0 Å². The second-order valence-electron chi connectivity index (χ2n) is 3.73. The number of aliphatic hydroxyl groups is 1. The molecule has 0 aliphatic heterocycles. The number of nitrogens with zero attached hydrogens (tertiary/aromatic N) is 3. The van der Waals surface area contributed by atoms with Crippen molar-refractivity contribution in [3.8, 4) is 0 Å². The van der Waals surface area contributed by atoms with Crippen LogP contribution in [0.15, 0.2) is 6.20 Å². The van der Waals surface area contributed by atoms with Gasteiger partial charge in [0.15, 0.2) is 0 Å². The number of aliphatic hydroxyl groups excluding tert-OH is 1. The SMILES string of the molecule is CC(C)C(O)CCc1cn(C)nn1. The summed E-state index contributed by atoms with van der Waals surface area (Å²) in [7, 11) is 1.84. The van der Waals surface area contributed by atoms with Crippen LogP contribution in [0.2, 0.25) is 0 Å². The van der Waals surface area contributed by atoms with Crippen molar-refractivity contribution < 1.29 is 5.11 Å².